The zero-order chi connectivity index (χ0) is 16.3. The molecule has 0 spiro atoms. The van der Waals surface area contributed by atoms with Gasteiger partial charge in [-0.25, -0.2) is 0 Å². The van der Waals surface area contributed by atoms with Crippen LogP contribution in [-0.4, -0.2) is 0 Å². The lowest BCUT2D eigenvalue weighted by Gasteiger charge is -2.16. The van der Waals surface area contributed by atoms with Gasteiger partial charge in [-0.3, -0.25) is 0 Å². The number of rotatable bonds is 5. The average molecular weight is 313 g/mol. The van der Waals surface area contributed by atoms with E-state index in [0.717, 1.165) is 23.4 Å². The lowest BCUT2D eigenvalue weighted by molar-refractivity contribution is 0.827. The van der Waals surface area contributed by atoms with Crippen LogP contribution >= 0.6 is 11.6 Å². The third-order valence-electron chi connectivity index (χ3n) is 4.14. The van der Waals surface area contributed by atoms with E-state index in [1.54, 1.807) is 0 Å². The number of hydrogen-bond acceptors (Lipinski definition) is 0. The number of allylic oxidation sites excluding steroid dienone is 1. The van der Waals surface area contributed by atoms with E-state index in [2.05, 4.69) is 51.6 Å². The van der Waals surface area contributed by atoms with E-state index >= 15 is 0 Å². The van der Waals surface area contributed by atoms with Gasteiger partial charge in [0.2, 0.25) is 0 Å². The molecule has 1 heteroatoms. The normalized spacial score (nSPS) is 11.0. The third kappa shape index (κ3) is 3.81. The van der Waals surface area contributed by atoms with Crippen LogP contribution in [0.3, 0.4) is 0 Å². The molecule has 0 aliphatic heterocycles. The summed E-state index contributed by atoms with van der Waals surface area (Å²) in [7, 11) is 0. The summed E-state index contributed by atoms with van der Waals surface area (Å²) >= 11 is 6.43. The summed E-state index contributed by atoms with van der Waals surface area (Å²) in [4.78, 5) is 0. The number of benzene rings is 2. The molecule has 0 bridgehead atoms. The van der Waals surface area contributed by atoms with E-state index in [4.69, 9.17) is 11.6 Å². The SMILES string of the molecule is C=C(C)c1cccc(Cl)c1CCc1cc(C)ccc1C(C)C. The van der Waals surface area contributed by atoms with Gasteiger partial charge in [-0.05, 0) is 60.9 Å². The van der Waals surface area contributed by atoms with Crippen LogP contribution in [0.5, 0.6) is 0 Å². The van der Waals surface area contributed by atoms with Gasteiger partial charge in [0.05, 0.1) is 0 Å². The predicted octanol–water partition coefficient (Wildman–Crippen LogP) is 6.59. The molecule has 0 fully saturated rings. The highest BCUT2D eigenvalue weighted by Gasteiger charge is 2.11. The first kappa shape index (κ1) is 16.8. The fourth-order valence-electron chi connectivity index (χ4n) is 2.99. The van der Waals surface area contributed by atoms with Crippen molar-refractivity contribution >= 4 is 17.2 Å². The molecule has 116 valence electrons. The van der Waals surface area contributed by atoms with Crippen LogP contribution in [0.25, 0.3) is 5.57 Å². The Kier molecular flexibility index (Phi) is 5.47. The Hall–Kier alpha value is -1.53. The van der Waals surface area contributed by atoms with Crippen molar-refractivity contribution < 1.29 is 0 Å². The molecule has 0 nitrogen and oxygen atoms in total. The molecule has 0 amide bonds. The first-order valence-electron chi connectivity index (χ1n) is 7.93. The number of halogens is 1. The number of hydrogen-bond donors (Lipinski definition) is 0. The molecule has 0 aromatic heterocycles. The van der Waals surface area contributed by atoms with Gasteiger partial charge < -0.3 is 0 Å². The largest absolute Gasteiger partial charge is 0.0955 e. The second-order valence-corrected chi connectivity index (χ2v) is 6.81. The van der Waals surface area contributed by atoms with Gasteiger partial charge in [0.25, 0.3) is 0 Å². The summed E-state index contributed by atoms with van der Waals surface area (Å²) in [5.74, 6) is 0.544. The zero-order valence-electron chi connectivity index (χ0n) is 14.0. The van der Waals surface area contributed by atoms with Crippen molar-refractivity contribution in [2.24, 2.45) is 0 Å². The van der Waals surface area contributed by atoms with Gasteiger partial charge in [-0.15, -0.1) is 0 Å². The Bertz CT molecular complexity index is 680. The van der Waals surface area contributed by atoms with E-state index in [0.29, 0.717) is 5.92 Å². The summed E-state index contributed by atoms with van der Waals surface area (Å²) in [6, 6.07) is 12.9. The predicted molar refractivity (Wildman–Crippen MR) is 98.8 cm³/mol. The first-order valence-corrected chi connectivity index (χ1v) is 8.30. The number of aryl methyl sites for hydroxylation is 2. The first-order chi connectivity index (χ1) is 10.4. The van der Waals surface area contributed by atoms with Gasteiger partial charge in [-0.1, -0.05) is 73.5 Å². The lowest BCUT2D eigenvalue weighted by atomic mass is 9.90. The van der Waals surface area contributed by atoms with E-state index in [1.807, 2.05) is 19.1 Å². The monoisotopic (exact) mass is 312 g/mol. The Balaban J connectivity index is 2.32. The van der Waals surface area contributed by atoms with E-state index < -0.39 is 0 Å². The Morgan fingerprint density at radius 2 is 1.86 bits per heavy atom. The minimum absolute atomic E-state index is 0.544. The molecular weight excluding hydrogens is 288 g/mol. The summed E-state index contributed by atoms with van der Waals surface area (Å²) in [6.45, 7) is 12.8. The fraction of sp³-hybridized carbons (Fsp3) is 0.333. The quantitative estimate of drug-likeness (QED) is 0.584. The molecule has 0 unspecified atom stereocenters. The highest BCUT2D eigenvalue weighted by Crippen LogP contribution is 2.28. The highest BCUT2D eigenvalue weighted by atomic mass is 35.5. The van der Waals surface area contributed by atoms with Crippen molar-refractivity contribution in [1.82, 2.24) is 0 Å². The van der Waals surface area contributed by atoms with Crippen molar-refractivity contribution in [3.8, 4) is 0 Å². The van der Waals surface area contributed by atoms with Gasteiger partial charge in [0.1, 0.15) is 0 Å². The van der Waals surface area contributed by atoms with Gasteiger partial charge in [-0.2, -0.15) is 0 Å². The maximum absolute atomic E-state index is 6.43. The minimum Gasteiger partial charge on any atom is -0.0955 e. The molecule has 0 heterocycles. The van der Waals surface area contributed by atoms with Gasteiger partial charge in [0, 0.05) is 5.02 Å². The molecule has 0 radical (unpaired) electrons. The molecule has 2 aromatic carbocycles. The standard InChI is InChI=1S/C21H25Cl/c1-14(2)18-11-9-16(5)13-17(18)10-12-20-19(15(3)4)7-6-8-21(20)22/h6-9,11,13-14H,3,10,12H2,1-2,4-5H3. The molecule has 0 aliphatic carbocycles. The van der Waals surface area contributed by atoms with Crippen LogP contribution in [0.15, 0.2) is 43.0 Å². The van der Waals surface area contributed by atoms with Crippen molar-refractivity contribution in [2.45, 2.75) is 46.5 Å². The summed E-state index contributed by atoms with van der Waals surface area (Å²) < 4.78 is 0. The van der Waals surface area contributed by atoms with E-state index in [9.17, 15) is 0 Å². The molecule has 0 aliphatic rings. The fourth-order valence-corrected chi connectivity index (χ4v) is 3.26. The molecular formula is C21H25Cl. The second-order valence-electron chi connectivity index (χ2n) is 6.40. The van der Waals surface area contributed by atoms with Crippen molar-refractivity contribution in [3.63, 3.8) is 0 Å². The Morgan fingerprint density at radius 1 is 1.14 bits per heavy atom. The van der Waals surface area contributed by atoms with Gasteiger partial charge in [0.15, 0.2) is 0 Å². The van der Waals surface area contributed by atoms with Gasteiger partial charge >= 0.3 is 0 Å². The third-order valence-corrected chi connectivity index (χ3v) is 4.50. The summed E-state index contributed by atoms with van der Waals surface area (Å²) in [5.41, 5.74) is 7.67. The second kappa shape index (κ2) is 7.15. The van der Waals surface area contributed by atoms with Crippen LogP contribution in [0.1, 0.15) is 54.5 Å². The molecule has 2 rings (SSSR count). The van der Waals surface area contributed by atoms with Crippen molar-refractivity contribution in [3.05, 3.63) is 75.8 Å². The Morgan fingerprint density at radius 3 is 2.50 bits per heavy atom. The van der Waals surface area contributed by atoms with Crippen LogP contribution in [-0.2, 0) is 12.8 Å². The van der Waals surface area contributed by atoms with Crippen LogP contribution in [0.2, 0.25) is 5.02 Å². The highest BCUT2D eigenvalue weighted by molar-refractivity contribution is 6.31. The van der Waals surface area contributed by atoms with E-state index in [-0.39, 0.29) is 0 Å². The van der Waals surface area contributed by atoms with E-state index in [1.165, 1.54) is 27.8 Å². The molecule has 0 N–H and O–H groups in total. The zero-order valence-corrected chi connectivity index (χ0v) is 14.8. The summed E-state index contributed by atoms with van der Waals surface area (Å²) in [6.07, 6.45) is 1.96. The minimum atomic E-state index is 0.544. The van der Waals surface area contributed by atoms with Crippen LogP contribution in [0, 0.1) is 6.92 Å². The average Bonchev–Trinajstić information content (AvgIpc) is 2.45. The van der Waals surface area contributed by atoms with Crippen LogP contribution in [0.4, 0.5) is 0 Å². The maximum Gasteiger partial charge on any atom is 0.0444 e. The molecule has 0 atom stereocenters. The lowest BCUT2D eigenvalue weighted by Crippen LogP contribution is -2.02. The topological polar surface area (TPSA) is 0 Å². The van der Waals surface area contributed by atoms with Crippen molar-refractivity contribution in [1.29, 1.82) is 0 Å². The summed E-state index contributed by atoms with van der Waals surface area (Å²) in [5, 5.41) is 0.847. The maximum atomic E-state index is 6.43. The molecule has 2 aromatic rings. The smallest absolute Gasteiger partial charge is 0.0444 e. The molecule has 0 saturated heterocycles. The Labute approximate surface area is 139 Å². The van der Waals surface area contributed by atoms with Crippen LogP contribution < -0.4 is 0 Å². The molecule has 0 saturated carbocycles. The molecule has 22 heavy (non-hydrogen) atoms. The van der Waals surface area contributed by atoms with Crippen molar-refractivity contribution in [2.75, 3.05) is 0 Å².